The SMILES string of the molecule is O=C1/C(=C/c2ccccc2Cl)SC23ON=C(c4c(Cl)cccc4Cl)N2CCN13. The number of halogens is 3. The first-order valence-electron chi connectivity index (χ1n) is 8.47. The average Bonchev–Trinajstić information content (AvgIpc) is 3.27. The standard InChI is InChI=1S/C19H12Cl3N3O2S/c20-12-5-2-1-4-11(12)10-15-18(26)25-9-8-24-17(23-27-19(24,25)28-15)16-13(21)6-3-7-14(16)22/h1-7,10H,8-9H2/b15-10-. The molecular formula is C19H12Cl3N3O2S. The second-order valence-corrected chi connectivity index (χ2v) is 8.79. The van der Waals surface area contributed by atoms with Gasteiger partial charge in [-0.15, -0.1) is 0 Å². The number of amides is 1. The summed E-state index contributed by atoms with van der Waals surface area (Å²) in [5.41, 5.74) is 1.37. The molecule has 9 heteroatoms. The lowest BCUT2D eigenvalue weighted by Gasteiger charge is -2.29. The van der Waals surface area contributed by atoms with Gasteiger partial charge in [-0.25, -0.2) is 0 Å². The fourth-order valence-corrected chi connectivity index (χ4v) is 5.59. The second kappa shape index (κ2) is 6.59. The minimum atomic E-state index is -1.05. The maximum absolute atomic E-state index is 13.0. The minimum Gasteiger partial charge on any atom is -0.332 e. The van der Waals surface area contributed by atoms with Crippen LogP contribution in [0.3, 0.4) is 0 Å². The number of carbonyl (C=O) groups is 1. The second-order valence-electron chi connectivity index (χ2n) is 6.39. The molecule has 0 saturated carbocycles. The van der Waals surface area contributed by atoms with Crippen molar-refractivity contribution >= 4 is 64.4 Å². The molecule has 2 aromatic carbocycles. The highest BCUT2D eigenvalue weighted by atomic mass is 35.5. The average molecular weight is 453 g/mol. The Morgan fingerprint density at radius 3 is 2.43 bits per heavy atom. The van der Waals surface area contributed by atoms with Gasteiger partial charge >= 0.3 is 5.18 Å². The van der Waals surface area contributed by atoms with E-state index >= 15 is 0 Å². The maximum atomic E-state index is 13.0. The number of hydrogen-bond acceptors (Lipinski definition) is 5. The van der Waals surface area contributed by atoms with E-state index in [-0.39, 0.29) is 5.91 Å². The van der Waals surface area contributed by atoms with E-state index in [0.29, 0.717) is 44.5 Å². The first kappa shape index (κ1) is 18.2. The van der Waals surface area contributed by atoms with Crippen LogP contribution >= 0.6 is 46.6 Å². The van der Waals surface area contributed by atoms with Crippen molar-refractivity contribution in [2.24, 2.45) is 5.16 Å². The summed E-state index contributed by atoms with van der Waals surface area (Å²) < 4.78 is 0. The van der Waals surface area contributed by atoms with Crippen LogP contribution in [0.15, 0.2) is 52.5 Å². The number of amidine groups is 1. The van der Waals surface area contributed by atoms with Crippen molar-refractivity contribution in [3.05, 3.63) is 73.6 Å². The largest absolute Gasteiger partial charge is 0.348 e. The van der Waals surface area contributed by atoms with E-state index in [2.05, 4.69) is 5.16 Å². The molecule has 5 rings (SSSR count). The van der Waals surface area contributed by atoms with E-state index in [1.165, 1.54) is 11.8 Å². The highest BCUT2D eigenvalue weighted by Crippen LogP contribution is 2.53. The van der Waals surface area contributed by atoms with Gasteiger partial charge in [0.1, 0.15) is 0 Å². The van der Waals surface area contributed by atoms with Crippen LogP contribution in [0.25, 0.3) is 6.08 Å². The molecule has 1 spiro atoms. The summed E-state index contributed by atoms with van der Waals surface area (Å²) in [6.45, 7) is 1.07. The molecule has 142 valence electrons. The zero-order valence-corrected chi connectivity index (χ0v) is 17.3. The van der Waals surface area contributed by atoms with Gasteiger partial charge in [-0.3, -0.25) is 14.6 Å². The number of oxime groups is 1. The summed E-state index contributed by atoms with van der Waals surface area (Å²) in [5.74, 6) is 0.409. The molecule has 2 aromatic rings. The molecule has 1 unspecified atom stereocenters. The van der Waals surface area contributed by atoms with Gasteiger partial charge in [-0.05, 0) is 41.6 Å². The van der Waals surface area contributed by atoms with E-state index in [0.717, 1.165) is 5.56 Å². The van der Waals surface area contributed by atoms with Gasteiger partial charge in [0.05, 0.1) is 20.5 Å². The predicted molar refractivity (Wildman–Crippen MR) is 112 cm³/mol. The van der Waals surface area contributed by atoms with E-state index in [9.17, 15) is 4.79 Å². The number of benzene rings is 2. The molecule has 3 aliphatic heterocycles. The zero-order chi connectivity index (χ0) is 19.5. The van der Waals surface area contributed by atoms with Gasteiger partial charge in [0.2, 0.25) is 0 Å². The Bertz CT molecular complexity index is 1050. The highest BCUT2D eigenvalue weighted by molar-refractivity contribution is 8.05. The van der Waals surface area contributed by atoms with Crippen LogP contribution in [-0.2, 0) is 9.63 Å². The Balaban J connectivity index is 1.52. The van der Waals surface area contributed by atoms with Crippen LogP contribution < -0.4 is 0 Å². The van der Waals surface area contributed by atoms with E-state index in [4.69, 9.17) is 39.6 Å². The van der Waals surface area contributed by atoms with Gasteiger partial charge < -0.3 is 4.84 Å². The Morgan fingerprint density at radius 1 is 1.00 bits per heavy atom. The van der Waals surface area contributed by atoms with Crippen molar-refractivity contribution in [3.8, 4) is 0 Å². The first-order chi connectivity index (χ1) is 13.5. The van der Waals surface area contributed by atoms with Crippen molar-refractivity contribution in [1.29, 1.82) is 0 Å². The summed E-state index contributed by atoms with van der Waals surface area (Å²) in [4.78, 5) is 23.0. The smallest absolute Gasteiger partial charge is 0.332 e. The monoisotopic (exact) mass is 451 g/mol. The quantitative estimate of drug-likeness (QED) is 0.609. The van der Waals surface area contributed by atoms with Gasteiger partial charge in [0.15, 0.2) is 5.84 Å². The first-order valence-corrected chi connectivity index (χ1v) is 10.4. The normalized spacial score (nSPS) is 24.5. The lowest BCUT2D eigenvalue weighted by Crippen LogP contribution is -2.48. The molecule has 0 bridgehead atoms. The molecule has 5 nitrogen and oxygen atoms in total. The van der Waals surface area contributed by atoms with Crippen molar-refractivity contribution in [3.63, 3.8) is 0 Å². The molecule has 28 heavy (non-hydrogen) atoms. The van der Waals surface area contributed by atoms with Gasteiger partial charge in [-0.2, -0.15) is 0 Å². The van der Waals surface area contributed by atoms with Crippen LogP contribution in [0.2, 0.25) is 15.1 Å². The number of rotatable bonds is 2. The Kier molecular flexibility index (Phi) is 4.28. The summed E-state index contributed by atoms with van der Waals surface area (Å²) in [5, 5.41) is 4.73. The Hall–Kier alpha value is -1.86. The van der Waals surface area contributed by atoms with E-state index < -0.39 is 5.18 Å². The molecule has 2 saturated heterocycles. The van der Waals surface area contributed by atoms with Gasteiger partial charge in [0, 0.05) is 18.1 Å². The Labute approximate surface area is 180 Å². The third-order valence-electron chi connectivity index (χ3n) is 4.81. The number of carbonyl (C=O) groups excluding carboxylic acids is 1. The number of thioether (sulfide) groups is 1. The van der Waals surface area contributed by atoms with Crippen LogP contribution in [0, 0.1) is 0 Å². The zero-order valence-electron chi connectivity index (χ0n) is 14.2. The molecule has 3 aliphatic rings. The lowest BCUT2D eigenvalue weighted by molar-refractivity contribution is -0.144. The molecule has 1 amide bonds. The van der Waals surface area contributed by atoms with Gasteiger partial charge in [-0.1, -0.05) is 64.2 Å². The summed E-state index contributed by atoms with van der Waals surface area (Å²) >= 11 is 20.3. The number of nitrogens with zero attached hydrogens (tertiary/aromatic N) is 3. The molecular weight excluding hydrogens is 441 g/mol. The fraction of sp³-hybridized carbons (Fsp3) is 0.158. The molecule has 0 N–H and O–H groups in total. The van der Waals surface area contributed by atoms with E-state index in [1.807, 2.05) is 23.1 Å². The molecule has 2 fully saturated rings. The Morgan fingerprint density at radius 2 is 1.68 bits per heavy atom. The topological polar surface area (TPSA) is 45.1 Å². The van der Waals surface area contributed by atoms with Crippen molar-refractivity contribution in [1.82, 2.24) is 9.80 Å². The lowest BCUT2D eigenvalue weighted by atomic mass is 10.2. The molecule has 0 aromatic heterocycles. The third-order valence-corrected chi connectivity index (χ3v) is 7.08. The van der Waals surface area contributed by atoms with E-state index in [1.54, 1.807) is 35.2 Å². The third kappa shape index (κ3) is 2.55. The van der Waals surface area contributed by atoms with Crippen LogP contribution in [0.5, 0.6) is 0 Å². The minimum absolute atomic E-state index is 0.117. The predicted octanol–water partition coefficient (Wildman–Crippen LogP) is 4.88. The van der Waals surface area contributed by atoms with Gasteiger partial charge in [0.25, 0.3) is 5.91 Å². The van der Waals surface area contributed by atoms with Crippen molar-refractivity contribution < 1.29 is 9.63 Å². The molecule has 0 radical (unpaired) electrons. The number of hydrogen-bond donors (Lipinski definition) is 0. The van der Waals surface area contributed by atoms with Crippen LogP contribution in [-0.4, -0.2) is 39.8 Å². The highest BCUT2D eigenvalue weighted by Gasteiger charge is 2.64. The maximum Gasteiger partial charge on any atom is 0.348 e. The van der Waals surface area contributed by atoms with Crippen LogP contribution in [0.4, 0.5) is 0 Å². The fourth-order valence-electron chi connectivity index (χ4n) is 3.51. The van der Waals surface area contributed by atoms with Crippen molar-refractivity contribution in [2.45, 2.75) is 5.18 Å². The molecule has 3 heterocycles. The summed E-state index contributed by atoms with van der Waals surface area (Å²) in [7, 11) is 0. The van der Waals surface area contributed by atoms with Crippen molar-refractivity contribution in [2.75, 3.05) is 13.1 Å². The summed E-state index contributed by atoms with van der Waals surface area (Å²) in [6.07, 6.45) is 1.78. The summed E-state index contributed by atoms with van der Waals surface area (Å²) in [6, 6.07) is 12.6. The molecule has 1 atom stereocenters. The molecule has 0 aliphatic carbocycles. The van der Waals surface area contributed by atoms with Crippen LogP contribution in [0.1, 0.15) is 11.1 Å².